The normalized spacial score (nSPS) is 12.1. The quantitative estimate of drug-likeness (QED) is 0.851. The number of ether oxygens (including phenoxy) is 1. The topological polar surface area (TPSA) is 58.6 Å². The van der Waals surface area contributed by atoms with Crippen LogP contribution < -0.4 is 10.1 Å². The summed E-state index contributed by atoms with van der Waals surface area (Å²) in [5.74, 6) is -0.247. The fourth-order valence-electron chi connectivity index (χ4n) is 2.44. The third-order valence-electron chi connectivity index (χ3n) is 3.65. The first kappa shape index (κ1) is 17.9. The van der Waals surface area contributed by atoms with Crippen LogP contribution in [0.3, 0.4) is 0 Å². The van der Waals surface area contributed by atoms with E-state index in [9.17, 15) is 18.7 Å². The van der Waals surface area contributed by atoms with Gasteiger partial charge >= 0.3 is 6.61 Å². The molecule has 1 amide bonds. The maximum atomic E-state index is 12.3. The van der Waals surface area contributed by atoms with Crippen molar-refractivity contribution in [3.63, 3.8) is 0 Å². The molecule has 0 radical (unpaired) electrons. The minimum atomic E-state index is -2.89. The summed E-state index contributed by atoms with van der Waals surface area (Å²) in [7, 11) is 0. The molecule has 2 aromatic rings. The third kappa shape index (κ3) is 4.52. The van der Waals surface area contributed by atoms with E-state index in [1.54, 1.807) is 0 Å². The average molecular weight is 335 g/mol. The van der Waals surface area contributed by atoms with Crippen molar-refractivity contribution in [1.82, 2.24) is 5.32 Å². The maximum Gasteiger partial charge on any atom is 0.387 e. The summed E-state index contributed by atoms with van der Waals surface area (Å²) in [4.78, 5) is 12.3. The van der Waals surface area contributed by atoms with Crippen LogP contribution in [0, 0.1) is 13.8 Å². The summed E-state index contributed by atoms with van der Waals surface area (Å²) in [6, 6.07) is 11.2. The summed E-state index contributed by atoms with van der Waals surface area (Å²) in [5.41, 5.74) is 2.80. The number of halogens is 2. The molecule has 0 fully saturated rings. The fourth-order valence-corrected chi connectivity index (χ4v) is 2.44. The third-order valence-corrected chi connectivity index (χ3v) is 3.65. The van der Waals surface area contributed by atoms with Gasteiger partial charge in [-0.25, -0.2) is 0 Å². The molecule has 0 saturated heterocycles. The van der Waals surface area contributed by atoms with Crippen LogP contribution in [0.1, 0.15) is 33.2 Å². The fraction of sp³-hybridized carbons (Fsp3) is 0.278. The van der Waals surface area contributed by atoms with Crippen LogP contribution in [-0.2, 0) is 0 Å². The van der Waals surface area contributed by atoms with Gasteiger partial charge in [-0.1, -0.05) is 30.3 Å². The van der Waals surface area contributed by atoms with Gasteiger partial charge in [-0.05, 0) is 42.7 Å². The first-order valence-electron chi connectivity index (χ1n) is 7.45. The second-order valence-corrected chi connectivity index (χ2v) is 5.44. The lowest BCUT2D eigenvalue weighted by Gasteiger charge is -2.15. The lowest BCUT2D eigenvalue weighted by atomic mass is 10.0. The first-order chi connectivity index (χ1) is 11.4. The van der Waals surface area contributed by atoms with Crippen molar-refractivity contribution in [3.05, 3.63) is 64.7 Å². The SMILES string of the molecule is Cc1cccc(C)c1C(=O)NCC(O)c1ccc(OC(F)F)cc1. The molecule has 1 unspecified atom stereocenters. The van der Waals surface area contributed by atoms with Crippen LogP contribution in [-0.4, -0.2) is 24.2 Å². The Bertz CT molecular complexity index is 682. The van der Waals surface area contributed by atoms with E-state index < -0.39 is 12.7 Å². The van der Waals surface area contributed by atoms with Gasteiger partial charge in [0.15, 0.2) is 0 Å². The van der Waals surface area contributed by atoms with E-state index in [0.717, 1.165) is 11.1 Å². The van der Waals surface area contributed by atoms with Crippen LogP contribution in [0.15, 0.2) is 42.5 Å². The molecule has 0 aliphatic carbocycles. The molecular formula is C18H19F2NO3. The molecule has 0 aliphatic heterocycles. The number of aliphatic hydroxyl groups is 1. The van der Waals surface area contributed by atoms with Crippen LogP contribution in [0.4, 0.5) is 8.78 Å². The second-order valence-electron chi connectivity index (χ2n) is 5.44. The molecule has 0 aromatic heterocycles. The number of carbonyl (C=O) groups excluding carboxylic acids is 1. The van der Waals surface area contributed by atoms with Crippen LogP contribution in [0.2, 0.25) is 0 Å². The molecule has 128 valence electrons. The molecule has 2 aromatic carbocycles. The molecule has 6 heteroatoms. The van der Waals surface area contributed by atoms with Crippen molar-refractivity contribution >= 4 is 5.91 Å². The van der Waals surface area contributed by atoms with Crippen molar-refractivity contribution in [2.24, 2.45) is 0 Å². The number of aryl methyl sites for hydroxylation is 2. The molecule has 4 nitrogen and oxygen atoms in total. The van der Waals surface area contributed by atoms with Crippen molar-refractivity contribution in [2.75, 3.05) is 6.54 Å². The highest BCUT2D eigenvalue weighted by Gasteiger charge is 2.14. The molecule has 24 heavy (non-hydrogen) atoms. The summed E-state index contributed by atoms with van der Waals surface area (Å²) < 4.78 is 28.4. The van der Waals surface area contributed by atoms with Gasteiger partial charge in [0.25, 0.3) is 5.91 Å². The number of alkyl halides is 2. The van der Waals surface area contributed by atoms with E-state index in [2.05, 4.69) is 10.1 Å². The van der Waals surface area contributed by atoms with Gasteiger partial charge in [0.1, 0.15) is 5.75 Å². The Kier molecular flexibility index (Phi) is 5.87. The zero-order valence-electron chi connectivity index (χ0n) is 13.4. The zero-order valence-corrected chi connectivity index (χ0v) is 13.4. The van der Waals surface area contributed by atoms with Crippen LogP contribution >= 0.6 is 0 Å². The van der Waals surface area contributed by atoms with E-state index in [1.807, 2.05) is 32.0 Å². The molecule has 2 N–H and O–H groups in total. The van der Waals surface area contributed by atoms with E-state index in [1.165, 1.54) is 24.3 Å². The molecule has 0 heterocycles. The maximum absolute atomic E-state index is 12.3. The van der Waals surface area contributed by atoms with Gasteiger partial charge in [0, 0.05) is 12.1 Å². The van der Waals surface area contributed by atoms with Crippen LogP contribution in [0.25, 0.3) is 0 Å². The summed E-state index contributed by atoms with van der Waals surface area (Å²) in [6.07, 6.45) is -0.945. The number of carbonyl (C=O) groups is 1. The van der Waals surface area contributed by atoms with Gasteiger partial charge < -0.3 is 15.2 Å². The molecule has 0 saturated carbocycles. The minimum Gasteiger partial charge on any atom is -0.435 e. The summed E-state index contributed by atoms with van der Waals surface area (Å²) >= 11 is 0. The van der Waals surface area contributed by atoms with E-state index in [4.69, 9.17) is 0 Å². The molecule has 0 spiro atoms. The highest BCUT2D eigenvalue weighted by Crippen LogP contribution is 2.19. The zero-order chi connectivity index (χ0) is 17.7. The molecular weight excluding hydrogens is 316 g/mol. The Hall–Kier alpha value is -2.47. The average Bonchev–Trinajstić information content (AvgIpc) is 2.52. The van der Waals surface area contributed by atoms with Crippen LogP contribution in [0.5, 0.6) is 5.75 Å². The summed E-state index contributed by atoms with van der Waals surface area (Å²) in [5, 5.41) is 12.8. The highest BCUT2D eigenvalue weighted by molar-refractivity contribution is 5.97. The van der Waals surface area contributed by atoms with Crippen molar-refractivity contribution in [2.45, 2.75) is 26.6 Å². The number of rotatable bonds is 6. The Morgan fingerprint density at radius 3 is 2.25 bits per heavy atom. The number of hydrogen-bond acceptors (Lipinski definition) is 3. The second kappa shape index (κ2) is 7.88. The number of hydrogen-bond donors (Lipinski definition) is 2. The predicted octanol–water partition coefficient (Wildman–Crippen LogP) is 3.37. The Morgan fingerprint density at radius 1 is 1.12 bits per heavy atom. The summed E-state index contributed by atoms with van der Waals surface area (Å²) in [6.45, 7) is 0.819. The molecule has 0 bridgehead atoms. The molecule has 1 atom stereocenters. The Morgan fingerprint density at radius 2 is 1.71 bits per heavy atom. The lowest BCUT2D eigenvalue weighted by molar-refractivity contribution is -0.0498. The lowest BCUT2D eigenvalue weighted by Crippen LogP contribution is -2.29. The monoisotopic (exact) mass is 335 g/mol. The highest BCUT2D eigenvalue weighted by atomic mass is 19.3. The van der Waals surface area contributed by atoms with Gasteiger partial charge in [-0.15, -0.1) is 0 Å². The number of aliphatic hydroxyl groups excluding tert-OH is 1. The minimum absolute atomic E-state index is 0.0144. The van der Waals surface area contributed by atoms with Gasteiger partial charge in [0.05, 0.1) is 6.10 Å². The van der Waals surface area contributed by atoms with E-state index >= 15 is 0 Å². The van der Waals surface area contributed by atoms with Crippen molar-refractivity contribution < 1.29 is 23.4 Å². The predicted molar refractivity (Wildman–Crippen MR) is 86.3 cm³/mol. The first-order valence-corrected chi connectivity index (χ1v) is 7.45. The molecule has 2 rings (SSSR count). The van der Waals surface area contributed by atoms with Crippen molar-refractivity contribution in [1.29, 1.82) is 0 Å². The van der Waals surface area contributed by atoms with Gasteiger partial charge in [-0.3, -0.25) is 4.79 Å². The Labute approximate surface area is 139 Å². The molecule has 0 aliphatic rings. The largest absolute Gasteiger partial charge is 0.435 e. The van der Waals surface area contributed by atoms with Gasteiger partial charge in [0.2, 0.25) is 0 Å². The number of benzene rings is 2. The number of nitrogens with one attached hydrogen (secondary N) is 1. The standard InChI is InChI=1S/C18H19F2NO3/c1-11-4-3-5-12(2)16(11)17(23)21-10-15(22)13-6-8-14(9-7-13)24-18(19)20/h3-9,15,18,22H,10H2,1-2H3,(H,21,23). The van der Waals surface area contributed by atoms with E-state index in [-0.39, 0.29) is 18.2 Å². The van der Waals surface area contributed by atoms with Crippen molar-refractivity contribution in [3.8, 4) is 5.75 Å². The smallest absolute Gasteiger partial charge is 0.387 e. The van der Waals surface area contributed by atoms with Gasteiger partial charge in [-0.2, -0.15) is 8.78 Å². The number of amides is 1. The Balaban J connectivity index is 1.97. The van der Waals surface area contributed by atoms with E-state index in [0.29, 0.717) is 11.1 Å².